The molecule has 0 bridgehead atoms. The predicted octanol–water partition coefficient (Wildman–Crippen LogP) is 4.78. The molecule has 2 aromatic rings. The summed E-state index contributed by atoms with van der Waals surface area (Å²) in [7, 11) is 0. The van der Waals surface area contributed by atoms with Crippen LogP contribution in [0.15, 0.2) is 72.8 Å². The minimum Gasteiger partial charge on any atom is -0.0861 e. The van der Waals surface area contributed by atoms with Gasteiger partial charge in [-0.25, -0.2) is 0 Å². The molecule has 0 aromatic heterocycles. The fourth-order valence-corrected chi connectivity index (χ4v) is 2.70. The maximum absolute atomic E-state index is 3.25. The first-order valence-electron chi connectivity index (χ1n) is 7.04. The minimum absolute atomic E-state index is 0.244. The second kappa shape index (κ2) is 7.16. The van der Waals surface area contributed by atoms with E-state index in [2.05, 4.69) is 64.5 Å². The highest BCUT2D eigenvalue weighted by molar-refractivity contribution is 14.1. The minimum atomic E-state index is 0.244. The molecule has 0 amide bonds. The summed E-state index contributed by atoms with van der Waals surface area (Å²) in [5.41, 5.74) is 3.10. The van der Waals surface area contributed by atoms with Crippen molar-refractivity contribution in [1.82, 2.24) is 0 Å². The molecule has 0 radical (unpaired) electrons. The Balaban J connectivity index is 1.79. The highest BCUT2D eigenvalue weighted by Crippen LogP contribution is 2.14. The molecular formula is C21H13I. The number of halogens is 1. The summed E-state index contributed by atoms with van der Waals surface area (Å²) in [6, 6.07) is 16.2. The Morgan fingerprint density at radius 1 is 0.773 bits per heavy atom. The van der Waals surface area contributed by atoms with E-state index < -0.39 is 0 Å². The van der Waals surface area contributed by atoms with Crippen molar-refractivity contribution >= 4 is 22.6 Å². The van der Waals surface area contributed by atoms with Gasteiger partial charge < -0.3 is 0 Å². The lowest BCUT2D eigenvalue weighted by Crippen LogP contribution is -1.87. The third-order valence-corrected chi connectivity index (χ3v) is 4.11. The third-order valence-electron chi connectivity index (χ3n) is 3.22. The molecule has 22 heavy (non-hydrogen) atoms. The van der Waals surface area contributed by atoms with Crippen LogP contribution < -0.4 is 0 Å². The lowest BCUT2D eigenvalue weighted by atomic mass is 10.1. The standard InChI is InChI=1S/C21H13I/c22-21-16-19(11-10-17-6-2-1-3-7-17)13-15-20(21)14-12-18-8-4-5-9-18/h1-9,13,15-16,18H. The van der Waals surface area contributed by atoms with E-state index in [1.54, 1.807) is 0 Å². The van der Waals surface area contributed by atoms with Gasteiger partial charge in [0.1, 0.15) is 0 Å². The number of rotatable bonds is 0. The normalized spacial score (nSPS) is 12.4. The van der Waals surface area contributed by atoms with Crippen molar-refractivity contribution < 1.29 is 0 Å². The molecule has 1 aliphatic rings. The van der Waals surface area contributed by atoms with Crippen molar-refractivity contribution in [3.63, 3.8) is 0 Å². The second-order valence-electron chi connectivity index (χ2n) is 4.88. The molecule has 0 atom stereocenters. The van der Waals surface area contributed by atoms with Gasteiger partial charge in [-0.15, -0.1) is 0 Å². The molecule has 0 heterocycles. The first-order valence-corrected chi connectivity index (χ1v) is 8.12. The molecule has 0 saturated carbocycles. The van der Waals surface area contributed by atoms with Crippen molar-refractivity contribution in [3.05, 3.63) is 93.1 Å². The van der Waals surface area contributed by atoms with Gasteiger partial charge in [-0.05, 0) is 52.9 Å². The molecule has 1 heteroatoms. The van der Waals surface area contributed by atoms with Crippen molar-refractivity contribution in [3.8, 4) is 23.7 Å². The Bertz CT molecular complexity index is 838. The zero-order valence-electron chi connectivity index (χ0n) is 11.9. The Labute approximate surface area is 145 Å². The Morgan fingerprint density at radius 3 is 2.23 bits per heavy atom. The maximum atomic E-state index is 3.25. The molecule has 0 N–H and O–H groups in total. The summed E-state index contributed by atoms with van der Waals surface area (Å²) in [5, 5.41) is 0. The molecule has 0 fully saturated rings. The van der Waals surface area contributed by atoms with Crippen molar-refractivity contribution in [1.29, 1.82) is 0 Å². The van der Waals surface area contributed by atoms with E-state index in [4.69, 9.17) is 0 Å². The number of hydrogen-bond acceptors (Lipinski definition) is 0. The Kier molecular flexibility index (Phi) is 4.78. The second-order valence-corrected chi connectivity index (χ2v) is 6.04. The highest BCUT2D eigenvalue weighted by atomic mass is 127. The summed E-state index contributed by atoms with van der Waals surface area (Å²) in [6.07, 6.45) is 8.26. The zero-order valence-corrected chi connectivity index (χ0v) is 14.0. The number of hydrogen-bond donors (Lipinski definition) is 0. The average Bonchev–Trinajstić information content (AvgIpc) is 3.06. The number of benzene rings is 2. The molecule has 0 spiro atoms. The SMILES string of the molecule is Ic1cc(C#Cc2ccccc2)ccc1C#CC1C=CC=C1. The van der Waals surface area contributed by atoms with E-state index in [9.17, 15) is 0 Å². The van der Waals surface area contributed by atoms with Crippen LogP contribution in [0.2, 0.25) is 0 Å². The summed E-state index contributed by atoms with van der Waals surface area (Å²) >= 11 is 2.32. The van der Waals surface area contributed by atoms with E-state index >= 15 is 0 Å². The van der Waals surface area contributed by atoms with E-state index in [-0.39, 0.29) is 5.92 Å². The van der Waals surface area contributed by atoms with Gasteiger partial charge in [-0.3, -0.25) is 0 Å². The molecule has 104 valence electrons. The average molecular weight is 392 g/mol. The quantitative estimate of drug-likeness (QED) is 0.447. The predicted molar refractivity (Wildman–Crippen MR) is 100 cm³/mol. The van der Waals surface area contributed by atoms with Crippen molar-refractivity contribution in [2.75, 3.05) is 0 Å². The monoisotopic (exact) mass is 392 g/mol. The molecule has 0 aliphatic heterocycles. The molecular weight excluding hydrogens is 379 g/mol. The van der Waals surface area contributed by atoms with Crippen molar-refractivity contribution in [2.24, 2.45) is 5.92 Å². The van der Waals surface area contributed by atoms with Crippen LogP contribution in [0.25, 0.3) is 0 Å². The molecule has 0 nitrogen and oxygen atoms in total. The van der Waals surface area contributed by atoms with Gasteiger partial charge in [0.2, 0.25) is 0 Å². The van der Waals surface area contributed by atoms with Crippen LogP contribution in [0.1, 0.15) is 16.7 Å². The fourth-order valence-electron chi connectivity index (χ4n) is 2.05. The molecule has 0 saturated heterocycles. The van der Waals surface area contributed by atoms with Crippen LogP contribution in [-0.2, 0) is 0 Å². The highest BCUT2D eigenvalue weighted by Gasteiger charge is 2.00. The van der Waals surface area contributed by atoms with Crippen LogP contribution >= 0.6 is 22.6 Å². The molecule has 0 unspecified atom stereocenters. The summed E-state index contributed by atoms with van der Waals surface area (Å²) in [5.74, 6) is 13.1. The van der Waals surface area contributed by atoms with Crippen LogP contribution in [0.4, 0.5) is 0 Å². The van der Waals surface area contributed by atoms with Crippen molar-refractivity contribution in [2.45, 2.75) is 0 Å². The van der Waals surface area contributed by atoms with Crippen LogP contribution in [0, 0.1) is 33.2 Å². The molecule has 1 aliphatic carbocycles. The van der Waals surface area contributed by atoms with E-state index in [0.29, 0.717) is 0 Å². The van der Waals surface area contributed by atoms with Gasteiger partial charge in [0.05, 0.1) is 5.92 Å². The fraction of sp³-hybridized carbons (Fsp3) is 0.0476. The smallest absolute Gasteiger partial charge is 0.0573 e. The van der Waals surface area contributed by atoms with Gasteiger partial charge in [0.25, 0.3) is 0 Å². The third kappa shape index (κ3) is 3.91. The first-order chi connectivity index (χ1) is 10.8. The largest absolute Gasteiger partial charge is 0.0861 e. The Hall–Kier alpha value is -2.23. The van der Waals surface area contributed by atoms with Crippen LogP contribution in [0.3, 0.4) is 0 Å². The van der Waals surface area contributed by atoms with Gasteiger partial charge in [0.15, 0.2) is 0 Å². The van der Waals surface area contributed by atoms with Gasteiger partial charge >= 0.3 is 0 Å². The summed E-state index contributed by atoms with van der Waals surface area (Å²) < 4.78 is 1.14. The Morgan fingerprint density at radius 2 is 1.50 bits per heavy atom. The first kappa shape index (κ1) is 14.7. The summed E-state index contributed by atoms with van der Waals surface area (Å²) in [6.45, 7) is 0. The van der Waals surface area contributed by atoms with Gasteiger partial charge in [0, 0.05) is 20.3 Å². The van der Waals surface area contributed by atoms with Crippen LogP contribution in [-0.4, -0.2) is 0 Å². The number of allylic oxidation sites excluding steroid dienone is 4. The lowest BCUT2D eigenvalue weighted by Gasteiger charge is -1.98. The van der Waals surface area contributed by atoms with E-state index in [1.165, 1.54) is 0 Å². The van der Waals surface area contributed by atoms with E-state index in [1.807, 2.05) is 54.6 Å². The lowest BCUT2D eigenvalue weighted by molar-refractivity contribution is 1.15. The molecule has 3 rings (SSSR count). The van der Waals surface area contributed by atoms with Crippen LogP contribution in [0.5, 0.6) is 0 Å². The summed E-state index contributed by atoms with van der Waals surface area (Å²) in [4.78, 5) is 0. The van der Waals surface area contributed by atoms with Gasteiger partial charge in [-0.1, -0.05) is 66.2 Å². The van der Waals surface area contributed by atoms with Gasteiger partial charge in [-0.2, -0.15) is 0 Å². The zero-order chi connectivity index (χ0) is 15.2. The maximum Gasteiger partial charge on any atom is 0.0573 e. The molecule has 2 aromatic carbocycles. The topological polar surface area (TPSA) is 0 Å². The van der Waals surface area contributed by atoms with E-state index in [0.717, 1.165) is 20.3 Å².